The summed E-state index contributed by atoms with van der Waals surface area (Å²) in [7, 11) is -3.57. The van der Waals surface area contributed by atoms with E-state index in [4.69, 9.17) is 22.7 Å². The zero-order chi connectivity index (χ0) is 14.0. The molecule has 1 heterocycles. The van der Waals surface area contributed by atoms with E-state index in [-0.39, 0.29) is 11.0 Å². The maximum absolute atomic E-state index is 12.1. The summed E-state index contributed by atoms with van der Waals surface area (Å²) in [6.45, 7) is 1.96. The number of sulfonamides is 1. The first-order valence-corrected chi connectivity index (χ1v) is 7.89. The van der Waals surface area contributed by atoms with Gasteiger partial charge in [-0.05, 0) is 13.0 Å². The maximum Gasteiger partial charge on any atom is 0.221 e. The van der Waals surface area contributed by atoms with Crippen molar-refractivity contribution < 1.29 is 13.2 Å². The quantitative estimate of drug-likeness (QED) is 0.814. The topological polar surface area (TPSA) is 81.4 Å². The Morgan fingerprint density at radius 3 is 2.89 bits per heavy atom. The molecule has 0 amide bonds. The summed E-state index contributed by atoms with van der Waals surface area (Å²) in [5.41, 5.74) is 6.25. The maximum atomic E-state index is 12.1. The van der Waals surface area contributed by atoms with Gasteiger partial charge in [0.15, 0.2) is 0 Å². The van der Waals surface area contributed by atoms with E-state index in [0.717, 1.165) is 5.56 Å². The fourth-order valence-corrected chi connectivity index (χ4v) is 3.45. The lowest BCUT2D eigenvalue weighted by Crippen LogP contribution is -2.42. The van der Waals surface area contributed by atoms with Gasteiger partial charge in [-0.15, -0.1) is 0 Å². The highest BCUT2D eigenvalue weighted by atomic mass is 32.2. The molecule has 2 unspecified atom stereocenters. The van der Waals surface area contributed by atoms with Gasteiger partial charge in [-0.1, -0.05) is 30.4 Å². The highest BCUT2D eigenvalue weighted by molar-refractivity contribution is 7.93. The molecule has 104 valence electrons. The number of hydrogen-bond acceptors (Lipinski definition) is 4. The minimum absolute atomic E-state index is 0.0344. The Hall–Kier alpha value is -1.18. The van der Waals surface area contributed by atoms with Crippen molar-refractivity contribution >= 4 is 27.2 Å². The van der Waals surface area contributed by atoms with Crippen LogP contribution in [0.25, 0.3) is 0 Å². The van der Waals surface area contributed by atoms with Gasteiger partial charge in [-0.2, -0.15) is 0 Å². The van der Waals surface area contributed by atoms with Crippen molar-refractivity contribution in [3.63, 3.8) is 0 Å². The third-order valence-electron chi connectivity index (χ3n) is 3.13. The number of para-hydroxylation sites is 1. The van der Waals surface area contributed by atoms with Gasteiger partial charge in [0, 0.05) is 12.0 Å². The zero-order valence-electron chi connectivity index (χ0n) is 10.5. The molecule has 0 fully saturated rings. The van der Waals surface area contributed by atoms with Crippen LogP contribution < -0.4 is 15.2 Å². The SMILES string of the molecule is CC(C(N)=S)S(=O)(=O)NC1CCOc2ccccc21. The second-order valence-corrected chi connectivity index (χ2v) is 6.94. The van der Waals surface area contributed by atoms with Gasteiger partial charge in [0.1, 0.15) is 11.0 Å². The minimum atomic E-state index is -3.57. The van der Waals surface area contributed by atoms with Crippen LogP contribution >= 0.6 is 12.2 Å². The van der Waals surface area contributed by atoms with Crippen LogP contribution in [0.15, 0.2) is 24.3 Å². The van der Waals surface area contributed by atoms with Crippen LogP contribution in [0.5, 0.6) is 5.75 Å². The molecule has 1 aliphatic rings. The van der Waals surface area contributed by atoms with Gasteiger partial charge in [0.05, 0.1) is 17.6 Å². The first kappa shape index (κ1) is 14.2. The lowest BCUT2D eigenvalue weighted by molar-refractivity contribution is 0.263. The molecule has 5 nitrogen and oxygen atoms in total. The minimum Gasteiger partial charge on any atom is -0.493 e. The van der Waals surface area contributed by atoms with E-state index < -0.39 is 15.3 Å². The van der Waals surface area contributed by atoms with Gasteiger partial charge in [0.2, 0.25) is 10.0 Å². The van der Waals surface area contributed by atoms with Gasteiger partial charge in [0.25, 0.3) is 0 Å². The summed E-state index contributed by atoms with van der Waals surface area (Å²) in [4.78, 5) is -0.0344. The number of nitrogens with two attached hydrogens (primary N) is 1. The molecule has 3 N–H and O–H groups in total. The highest BCUT2D eigenvalue weighted by Crippen LogP contribution is 2.32. The highest BCUT2D eigenvalue weighted by Gasteiger charge is 2.30. The predicted octanol–water partition coefficient (Wildman–Crippen LogP) is 1.10. The summed E-state index contributed by atoms with van der Waals surface area (Å²) in [5.74, 6) is 0.712. The summed E-state index contributed by atoms with van der Waals surface area (Å²) < 4.78 is 32.4. The number of nitrogens with one attached hydrogen (secondary N) is 1. The van der Waals surface area contributed by atoms with Gasteiger partial charge >= 0.3 is 0 Å². The van der Waals surface area contributed by atoms with E-state index in [1.165, 1.54) is 6.92 Å². The second-order valence-electron chi connectivity index (χ2n) is 4.44. The van der Waals surface area contributed by atoms with Crippen LogP contribution in [0.2, 0.25) is 0 Å². The molecule has 0 aromatic heterocycles. The number of ether oxygens (including phenoxy) is 1. The Morgan fingerprint density at radius 2 is 2.21 bits per heavy atom. The van der Waals surface area contributed by atoms with Crippen molar-refractivity contribution in [3.05, 3.63) is 29.8 Å². The molecule has 1 aromatic carbocycles. The molecule has 7 heteroatoms. The Morgan fingerprint density at radius 1 is 1.53 bits per heavy atom. The van der Waals surface area contributed by atoms with Crippen molar-refractivity contribution in [3.8, 4) is 5.75 Å². The Bertz CT molecular complexity index is 586. The normalized spacial score (nSPS) is 20.2. The van der Waals surface area contributed by atoms with Gasteiger partial charge in [-0.3, -0.25) is 0 Å². The largest absolute Gasteiger partial charge is 0.493 e. The molecule has 0 bridgehead atoms. The Kier molecular flexibility index (Phi) is 4.07. The van der Waals surface area contributed by atoms with E-state index >= 15 is 0 Å². The molecule has 19 heavy (non-hydrogen) atoms. The zero-order valence-corrected chi connectivity index (χ0v) is 12.1. The number of benzene rings is 1. The predicted molar refractivity (Wildman–Crippen MR) is 77.6 cm³/mol. The fraction of sp³-hybridized carbons (Fsp3) is 0.417. The molecular weight excluding hydrogens is 284 g/mol. The standard InChI is InChI=1S/C12H16N2O3S2/c1-8(12(13)18)19(15,16)14-10-6-7-17-11-5-3-2-4-9(10)11/h2-5,8,10,14H,6-7H2,1H3,(H2,13,18). The van der Waals surface area contributed by atoms with Crippen LogP contribution in [0.4, 0.5) is 0 Å². The van der Waals surface area contributed by atoms with Crippen LogP contribution in [-0.2, 0) is 10.0 Å². The van der Waals surface area contributed by atoms with E-state index in [0.29, 0.717) is 18.8 Å². The summed E-state index contributed by atoms with van der Waals surface area (Å²) >= 11 is 4.75. The molecule has 1 aromatic rings. The molecule has 2 rings (SSSR count). The van der Waals surface area contributed by atoms with Crippen molar-refractivity contribution in [1.29, 1.82) is 0 Å². The second kappa shape index (κ2) is 5.44. The van der Waals surface area contributed by atoms with Gasteiger partial charge in [-0.25, -0.2) is 13.1 Å². The Balaban J connectivity index is 2.24. The monoisotopic (exact) mass is 300 g/mol. The fourth-order valence-electron chi connectivity index (χ4n) is 1.92. The van der Waals surface area contributed by atoms with E-state index in [1.54, 1.807) is 0 Å². The average molecular weight is 300 g/mol. The first-order chi connectivity index (χ1) is 8.92. The first-order valence-electron chi connectivity index (χ1n) is 5.94. The van der Waals surface area contributed by atoms with Crippen molar-refractivity contribution in [1.82, 2.24) is 4.72 Å². The molecule has 0 aliphatic carbocycles. The summed E-state index contributed by atoms with van der Waals surface area (Å²) in [6, 6.07) is 7.09. The number of hydrogen-bond donors (Lipinski definition) is 2. The van der Waals surface area contributed by atoms with Crippen LogP contribution in [0.3, 0.4) is 0 Å². The van der Waals surface area contributed by atoms with E-state index in [9.17, 15) is 8.42 Å². The molecule has 0 spiro atoms. The summed E-state index contributed by atoms with van der Waals surface area (Å²) in [6.07, 6.45) is 0.584. The molecule has 1 aliphatic heterocycles. The van der Waals surface area contributed by atoms with Crippen LogP contribution in [0.1, 0.15) is 24.9 Å². The summed E-state index contributed by atoms with van der Waals surface area (Å²) in [5, 5.41) is -0.891. The van der Waals surface area contributed by atoms with Crippen molar-refractivity contribution in [2.45, 2.75) is 24.6 Å². The molecule has 2 atom stereocenters. The van der Waals surface area contributed by atoms with E-state index in [1.807, 2.05) is 24.3 Å². The van der Waals surface area contributed by atoms with Crippen LogP contribution in [-0.4, -0.2) is 25.3 Å². The third-order valence-corrected chi connectivity index (χ3v) is 5.43. The number of fused-ring (bicyclic) bond motifs is 1. The Labute approximate surface area is 118 Å². The molecule has 0 saturated heterocycles. The number of thiocarbonyl (C=S) groups is 1. The lowest BCUT2D eigenvalue weighted by atomic mass is 10.0. The number of rotatable bonds is 4. The molecular formula is C12H16N2O3S2. The van der Waals surface area contributed by atoms with Crippen LogP contribution in [0, 0.1) is 0 Å². The molecule has 0 saturated carbocycles. The van der Waals surface area contributed by atoms with Crippen molar-refractivity contribution in [2.24, 2.45) is 5.73 Å². The van der Waals surface area contributed by atoms with Gasteiger partial charge < -0.3 is 10.5 Å². The third kappa shape index (κ3) is 3.05. The average Bonchev–Trinajstić information content (AvgIpc) is 2.38. The van der Waals surface area contributed by atoms with E-state index in [2.05, 4.69) is 4.72 Å². The van der Waals surface area contributed by atoms with Crippen molar-refractivity contribution in [2.75, 3.05) is 6.61 Å². The lowest BCUT2D eigenvalue weighted by Gasteiger charge is -2.27. The molecule has 0 radical (unpaired) electrons. The smallest absolute Gasteiger partial charge is 0.221 e.